The zero-order valence-corrected chi connectivity index (χ0v) is 17.7. The molecule has 0 unspecified atom stereocenters. The SMILES string of the molecule is C[C@@H]1CN(C[C@@H](O)COC(c2ccc(Cl)cc2)c2ccc(Cl)cc2)C[C@@H](C)O1. The highest BCUT2D eigenvalue weighted by Gasteiger charge is 2.24. The van der Waals surface area contributed by atoms with Gasteiger partial charge in [-0.1, -0.05) is 47.5 Å². The number of aliphatic hydroxyl groups is 1. The summed E-state index contributed by atoms with van der Waals surface area (Å²) in [6.45, 7) is 6.55. The van der Waals surface area contributed by atoms with Crippen LogP contribution in [0.4, 0.5) is 0 Å². The average Bonchev–Trinajstić information content (AvgIpc) is 2.64. The smallest absolute Gasteiger partial charge is 0.108 e. The molecule has 4 nitrogen and oxygen atoms in total. The number of benzene rings is 2. The first-order valence-electron chi connectivity index (χ1n) is 9.59. The number of rotatable bonds is 7. The molecule has 0 amide bonds. The highest BCUT2D eigenvalue weighted by molar-refractivity contribution is 6.30. The number of halogens is 2. The summed E-state index contributed by atoms with van der Waals surface area (Å²) in [5, 5.41) is 11.9. The van der Waals surface area contributed by atoms with Crippen LogP contribution in [0.1, 0.15) is 31.1 Å². The van der Waals surface area contributed by atoms with Gasteiger partial charge in [-0.3, -0.25) is 4.90 Å². The van der Waals surface area contributed by atoms with Crippen molar-refractivity contribution in [3.8, 4) is 0 Å². The van der Waals surface area contributed by atoms with Crippen LogP contribution in [-0.4, -0.2) is 54.6 Å². The Balaban J connectivity index is 1.65. The molecule has 0 aromatic heterocycles. The molecule has 0 saturated carbocycles. The lowest BCUT2D eigenvalue weighted by atomic mass is 10.0. The van der Waals surface area contributed by atoms with Crippen LogP contribution in [0, 0.1) is 0 Å². The molecule has 0 aliphatic carbocycles. The summed E-state index contributed by atoms with van der Waals surface area (Å²) in [7, 11) is 0. The van der Waals surface area contributed by atoms with Gasteiger partial charge in [0.25, 0.3) is 0 Å². The number of hydrogen-bond acceptors (Lipinski definition) is 4. The number of nitrogens with zero attached hydrogens (tertiary/aromatic N) is 1. The number of ether oxygens (including phenoxy) is 2. The molecule has 0 radical (unpaired) electrons. The molecule has 6 heteroatoms. The van der Waals surface area contributed by atoms with Crippen LogP contribution in [0.25, 0.3) is 0 Å². The molecule has 1 aliphatic rings. The quantitative estimate of drug-likeness (QED) is 0.707. The summed E-state index contributed by atoms with van der Waals surface area (Å²) in [4.78, 5) is 2.23. The van der Waals surface area contributed by atoms with Crippen molar-refractivity contribution in [2.75, 3.05) is 26.2 Å². The fourth-order valence-electron chi connectivity index (χ4n) is 3.65. The predicted molar refractivity (Wildman–Crippen MR) is 113 cm³/mol. The van der Waals surface area contributed by atoms with Gasteiger partial charge in [0.15, 0.2) is 0 Å². The van der Waals surface area contributed by atoms with Crippen molar-refractivity contribution in [3.05, 3.63) is 69.7 Å². The van der Waals surface area contributed by atoms with Gasteiger partial charge in [-0.05, 0) is 49.2 Å². The Kier molecular flexibility index (Phi) is 7.75. The topological polar surface area (TPSA) is 41.9 Å². The average molecular weight is 424 g/mol. The van der Waals surface area contributed by atoms with E-state index >= 15 is 0 Å². The minimum atomic E-state index is -0.584. The second kappa shape index (κ2) is 10.1. The van der Waals surface area contributed by atoms with Gasteiger partial charge in [0.1, 0.15) is 6.10 Å². The molecule has 28 heavy (non-hydrogen) atoms. The molecule has 152 valence electrons. The molecule has 3 atom stereocenters. The maximum Gasteiger partial charge on any atom is 0.108 e. The van der Waals surface area contributed by atoms with Gasteiger partial charge in [0.2, 0.25) is 0 Å². The Morgan fingerprint density at radius 1 is 0.964 bits per heavy atom. The molecule has 3 rings (SSSR count). The van der Waals surface area contributed by atoms with Gasteiger partial charge in [-0.15, -0.1) is 0 Å². The van der Waals surface area contributed by atoms with Crippen molar-refractivity contribution >= 4 is 23.2 Å². The Morgan fingerprint density at radius 3 is 1.89 bits per heavy atom. The zero-order chi connectivity index (χ0) is 20.1. The number of aliphatic hydroxyl groups excluding tert-OH is 1. The van der Waals surface area contributed by atoms with Crippen molar-refractivity contribution < 1.29 is 14.6 Å². The van der Waals surface area contributed by atoms with E-state index in [9.17, 15) is 5.11 Å². The Bertz CT molecular complexity index is 683. The summed E-state index contributed by atoms with van der Waals surface area (Å²) in [6, 6.07) is 15.1. The molecular weight excluding hydrogens is 397 g/mol. The van der Waals surface area contributed by atoms with Crippen molar-refractivity contribution in [1.29, 1.82) is 0 Å². The summed E-state index contributed by atoms with van der Waals surface area (Å²) in [5.74, 6) is 0. The van der Waals surface area contributed by atoms with Gasteiger partial charge >= 0.3 is 0 Å². The molecule has 1 aliphatic heterocycles. The first-order valence-corrected chi connectivity index (χ1v) is 10.3. The maximum absolute atomic E-state index is 10.6. The van der Waals surface area contributed by atoms with Gasteiger partial charge in [-0.25, -0.2) is 0 Å². The van der Waals surface area contributed by atoms with E-state index in [-0.39, 0.29) is 24.9 Å². The second-order valence-electron chi connectivity index (χ2n) is 7.45. The number of morpholine rings is 1. The van der Waals surface area contributed by atoms with Gasteiger partial charge in [-0.2, -0.15) is 0 Å². The highest BCUT2D eigenvalue weighted by Crippen LogP contribution is 2.28. The summed E-state index contributed by atoms with van der Waals surface area (Å²) in [5.41, 5.74) is 1.96. The monoisotopic (exact) mass is 423 g/mol. The fraction of sp³-hybridized carbons (Fsp3) is 0.455. The standard InChI is InChI=1S/C22H27Cl2NO3/c1-15-11-25(12-16(2)28-15)13-21(26)14-27-22(17-3-7-19(23)8-4-17)18-5-9-20(24)10-6-18/h3-10,15-16,21-22,26H,11-14H2,1-2H3/t15-,16-,21-/m1/s1. The molecule has 2 aromatic carbocycles. The predicted octanol–water partition coefficient (Wildman–Crippen LogP) is 4.57. The number of hydrogen-bond donors (Lipinski definition) is 1. The Labute approximate surface area is 177 Å². The molecule has 0 spiro atoms. The van der Waals surface area contributed by atoms with E-state index in [1.807, 2.05) is 48.5 Å². The van der Waals surface area contributed by atoms with E-state index in [0.717, 1.165) is 24.2 Å². The van der Waals surface area contributed by atoms with Crippen LogP contribution in [0.5, 0.6) is 0 Å². The summed E-state index contributed by atoms with van der Waals surface area (Å²) in [6.07, 6.45) is -0.535. The largest absolute Gasteiger partial charge is 0.389 e. The molecule has 1 fully saturated rings. The van der Waals surface area contributed by atoms with Crippen LogP contribution in [0.2, 0.25) is 10.0 Å². The normalized spacial score (nSPS) is 21.8. The Hall–Kier alpha value is -1.14. The molecule has 1 heterocycles. The molecule has 1 saturated heterocycles. The van der Waals surface area contributed by atoms with Gasteiger partial charge < -0.3 is 14.6 Å². The van der Waals surface area contributed by atoms with Crippen molar-refractivity contribution in [3.63, 3.8) is 0 Å². The highest BCUT2D eigenvalue weighted by atomic mass is 35.5. The first-order chi connectivity index (χ1) is 13.4. The van der Waals surface area contributed by atoms with Crippen LogP contribution in [0.15, 0.2) is 48.5 Å². The minimum Gasteiger partial charge on any atom is -0.389 e. The third-order valence-corrected chi connectivity index (χ3v) is 5.27. The van der Waals surface area contributed by atoms with E-state index in [1.54, 1.807) is 0 Å². The van der Waals surface area contributed by atoms with Gasteiger partial charge in [0.05, 0.1) is 24.9 Å². The van der Waals surface area contributed by atoms with Gasteiger partial charge in [0, 0.05) is 29.7 Å². The van der Waals surface area contributed by atoms with Crippen LogP contribution >= 0.6 is 23.2 Å². The van der Waals surface area contributed by atoms with Crippen LogP contribution in [-0.2, 0) is 9.47 Å². The molecule has 1 N–H and O–H groups in total. The Morgan fingerprint density at radius 2 is 1.43 bits per heavy atom. The lowest BCUT2D eigenvalue weighted by Crippen LogP contribution is -2.48. The van der Waals surface area contributed by atoms with E-state index < -0.39 is 6.10 Å². The second-order valence-corrected chi connectivity index (χ2v) is 8.32. The lowest BCUT2D eigenvalue weighted by Gasteiger charge is -2.36. The summed E-state index contributed by atoms with van der Waals surface area (Å²) >= 11 is 12.1. The van der Waals surface area contributed by atoms with E-state index in [2.05, 4.69) is 18.7 Å². The zero-order valence-electron chi connectivity index (χ0n) is 16.2. The van der Waals surface area contributed by atoms with Crippen LogP contribution in [0.3, 0.4) is 0 Å². The molecular formula is C22H27Cl2NO3. The lowest BCUT2D eigenvalue weighted by molar-refractivity contribution is -0.0843. The third kappa shape index (κ3) is 6.18. The summed E-state index contributed by atoms with van der Waals surface area (Å²) < 4.78 is 11.9. The van der Waals surface area contributed by atoms with E-state index in [0.29, 0.717) is 16.6 Å². The van der Waals surface area contributed by atoms with Crippen molar-refractivity contribution in [1.82, 2.24) is 4.90 Å². The van der Waals surface area contributed by atoms with Crippen LogP contribution < -0.4 is 0 Å². The molecule has 2 aromatic rings. The number of β-amino-alcohol motifs (C(OH)–C–C–N with tert-alkyl or cyclic N) is 1. The molecule has 0 bridgehead atoms. The minimum absolute atomic E-state index is 0.174. The van der Waals surface area contributed by atoms with Crippen molar-refractivity contribution in [2.24, 2.45) is 0 Å². The fourth-order valence-corrected chi connectivity index (χ4v) is 3.90. The van der Waals surface area contributed by atoms with Crippen molar-refractivity contribution in [2.45, 2.75) is 38.3 Å². The third-order valence-electron chi connectivity index (χ3n) is 4.76. The first kappa shape index (κ1) is 21.6. The maximum atomic E-state index is 10.6. The van der Waals surface area contributed by atoms with E-state index in [1.165, 1.54) is 0 Å². The van der Waals surface area contributed by atoms with E-state index in [4.69, 9.17) is 32.7 Å².